The van der Waals surface area contributed by atoms with Crippen molar-refractivity contribution in [1.82, 2.24) is 0 Å². The van der Waals surface area contributed by atoms with E-state index < -0.39 is 6.10 Å². The molecule has 0 bridgehead atoms. The van der Waals surface area contributed by atoms with E-state index >= 15 is 0 Å². The molecule has 0 saturated carbocycles. The van der Waals surface area contributed by atoms with Gasteiger partial charge in [0, 0.05) is 19.4 Å². The van der Waals surface area contributed by atoms with Crippen LogP contribution in [0.5, 0.6) is 0 Å². The van der Waals surface area contributed by atoms with E-state index in [0.29, 0.717) is 19.4 Å². The van der Waals surface area contributed by atoms with Gasteiger partial charge >= 0.3 is 11.9 Å². The van der Waals surface area contributed by atoms with Crippen molar-refractivity contribution in [1.29, 1.82) is 0 Å². The predicted molar refractivity (Wildman–Crippen MR) is 307 cm³/mol. The summed E-state index contributed by atoms with van der Waals surface area (Å²) in [6, 6.07) is 0. The van der Waals surface area contributed by atoms with Crippen LogP contribution in [0.1, 0.15) is 303 Å². The Morgan fingerprint density at radius 2 is 0.643 bits per heavy atom. The second-order valence-corrected chi connectivity index (χ2v) is 20.2. The van der Waals surface area contributed by atoms with Crippen molar-refractivity contribution in [2.24, 2.45) is 0 Å². The highest BCUT2D eigenvalue weighted by molar-refractivity contribution is 5.70. The monoisotopic (exact) mass is 977 g/mol. The molecule has 0 heterocycles. The Kier molecular flexibility index (Phi) is 58.3. The summed E-state index contributed by atoms with van der Waals surface area (Å²) < 4.78 is 17.5. The molecule has 0 aliphatic heterocycles. The molecule has 5 nitrogen and oxygen atoms in total. The van der Waals surface area contributed by atoms with Gasteiger partial charge in [-0.2, -0.15) is 0 Å². The van der Waals surface area contributed by atoms with E-state index in [-0.39, 0.29) is 25.2 Å². The lowest BCUT2D eigenvalue weighted by Crippen LogP contribution is -2.30. The molecule has 0 amide bonds. The molecule has 0 aromatic heterocycles. The van der Waals surface area contributed by atoms with E-state index in [0.717, 1.165) is 77.0 Å². The summed E-state index contributed by atoms with van der Waals surface area (Å²) in [5.41, 5.74) is 0. The molecule has 0 aliphatic rings. The van der Waals surface area contributed by atoms with Crippen molar-refractivity contribution in [3.63, 3.8) is 0 Å². The predicted octanol–water partition coefficient (Wildman–Crippen LogP) is 21.0. The molecular weight excluding hydrogens is 861 g/mol. The summed E-state index contributed by atoms with van der Waals surface area (Å²) in [6.45, 7) is 7.66. The summed E-state index contributed by atoms with van der Waals surface area (Å²) in [6.07, 6.45) is 79.4. The van der Waals surface area contributed by atoms with E-state index in [4.69, 9.17) is 14.2 Å². The molecule has 5 heteroatoms. The molecular formula is C65H116O5. The van der Waals surface area contributed by atoms with E-state index in [1.165, 1.54) is 193 Å². The van der Waals surface area contributed by atoms with E-state index in [1.807, 2.05) is 0 Å². The van der Waals surface area contributed by atoms with Crippen LogP contribution in [-0.4, -0.2) is 37.9 Å². The number of carbonyl (C=O) groups excluding carboxylic acids is 2. The average molecular weight is 978 g/mol. The molecule has 1 unspecified atom stereocenters. The third kappa shape index (κ3) is 57.9. The highest BCUT2D eigenvalue weighted by Crippen LogP contribution is 2.16. The molecule has 0 radical (unpaired) electrons. The van der Waals surface area contributed by atoms with Crippen LogP contribution < -0.4 is 0 Å². The highest BCUT2D eigenvalue weighted by atomic mass is 16.6. The molecule has 0 aromatic rings. The summed E-state index contributed by atoms with van der Waals surface area (Å²) in [5, 5.41) is 0. The molecule has 0 rings (SSSR count). The molecule has 0 N–H and O–H groups in total. The van der Waals surface area contributed by atoms with Gasteiger partial charge in [-0.25, -0.2) is 0 Å². The largest absolute Gasteiger partial charge is 0.462 e. The number of ether oxygens (including phenoxy) is 3. The van der Waals surface area contributed by atoms with Crippen molar-refractivity contribution in [3.05, 3.63) is 72.9 Å². The Labute approximate surface area is 436 Å². The molecule has 0 aliphatic carbocycles. The number of allylic oxidation sites excluding steroid dienone is 12. The first kappa shape index (κ1) is 67.3. The van der Waals surface area contributed by atoms with Gasteiger partial charge in [-0.3, -0.25) is 9.59 Å². The van der Waals surface area contributed by atoms with Gasteiger partial charge in [-0.1, -0.05) is 273 Å². The Hall–Kier alpha value is -2.66. The molecule has 0 fully saturated rings. The Balaban J connectivity index is 4.32. The van der Waals surface area contributed by atoms with Crippen LogP contribution in [0.4, 0.5) is 0 Å². The van der Waals surface area contributed by atoms with Crippen molar-refractivity contribution < 1.29 is 23.8 Å². The quantitative estimate of drug-likeness (QED) is 0.0345. The van der Waals surface area contributed by atoms with Crippen LogP contribution in [0.25, 0.3) is 0 Å². The van der Waals surface area contributed by atoms with E-state index in [9.17, 15) is 9.59 Å². The number of hydrogen-bond acceptors (Lipinski definition) is 5. The number of carbonyl (C=O) groups is 2. The van der Waals surface area contributed by atoms with Crippen molar-refractivity contribution in [2.75, 3.05) is 19.8 Å². The minimum absolute atomic E-state index is 0.0680. The second kappa shape index (κ2) is 60.6. The lowest BCUT2D eigenvalue weighted by atomic mass is 10.0. The first-order valence-corrected chi connectivity index (χ1v) is 30.5. The third-order valence-corrected chi connectivity index (χ3v) is 13.2. The smallest absolute Gasteiger partial charge is 0.306 e. The molecule has 1 atom stereocenters. The summed E-state index contributed by atoms with van der Waals surface area (Å²) in [4.78, 5) is 25.6. The van der Waals surface area contributed by atoms with Crippen LogP contribution in [0.3, 0.4) is 0 Å². The van der Waals surface area contributed by atoms with Crippen LogP contribution in [0.2, 0.25) is 0 Å². The molecule has 0 saturated heterocycles. The standard InChI is InChI=1S/C65H116O5/c1-4-7-10-13-16-19-22-25-28-31-33-35-37-40-43-46-49-52-55-58-64(66)69-62-63(61-68-60-57-54-51-48-45-42-39-36-32-29-26-23-20-17-14-11-8-5-2)70-65(67)59-56-53-50-47-44-41-38-34-30-27-24-21-18-15-12-9-6-3/h8,11,17,20,25-26,28-29,36,39,45,48,63H,4-7,9-10,12-16,18-19,21-24,27,30-35,37-38,40-44,46-47,49-62H2,1-3H3/b11-8-,20-17-,28-25-,29-26-,39-36-,48-45-. The summed E-state index contributed by atoms with van der Waals surface area (Å²) >= 11 is 0. The lowest BCUT2D eigenvalue weighted by molar-refractivity contribution is -0.163. The van der Waals surface area contributed by atoms with Gasteiger partial charge in [0.2, 0.25) is 0 Å². The van der Waals surface area contributed by atoms with Gasteiger partial charge in [-0.15, -0.1) is 0 Å². The minimum atomic E-state index is -0.561. The zero-order chi connectivity index (χ0) is 50.6. The first-order chi connectivity index (χ1) is 34.6. The van der Waals surface area contributed by atoms with Gasteiger partial charge in [-0.05, 0) is 89.9 Å². The number of esters is 2. The van der Waals surface area contributed by atoms with Crippen LogP contribution in [0.15, 0.2) is 72.9 Å². The van der Waals surface area contributed by atoms with Crippen LogP contribution >= 0.6 is 0 Å². The molecule has 0 spiro atoms. The molecule has 0 aromatic carbocycles. The van der Waals surface area contributed by atoms with Gasteiger partial charge in [0.25, 0.3) is 0 Å². The summed E-state index contributed by atoms with van der Waals surface area (Å²) in [5.74, 6) is -0.410. The number of rotatable bonds is 56. The van der Waals surface area contributed by atoms with Crippen molar-refractivity contribution in [2.45, 2.75) is 309 Å². The minimum Gasteiger partial charge on any atom is -0.462 e. The van der Waals surface area contributed by atoms with Gasteiger partial charge in [0.1, 0.15) is 6.61 Å². The van der Waals surface area contributed by atoms with Gasteiger partial charge in [0.15, 0.2) is 6.10 Å². The van der Waals surface area contributed by atoms with Crippen molar-refractivity contribution >= 4 is 11.9 Å². The maximum absolute atomic E-state index is 12.9. The lowest BCUT2D eigenvalue weighted by Gasteiger charge is -2.18. The Bertz CT molecular complexity index is 1240. The molecule has 70 heavy (non-hydrogen) atoms. The third-order valence-electron chi connectivity index (χ3n) is 13.2. The van der Waals surface area contributed by atoms with Crippen LogP contribution in [-0.2, 0) is 23.8 Å². The van der Waals surface area contributed by atoms with Crippen molar-refractivity contribution in [3.8, 4) is 0 Å². The number of unbranched alkanes of at least 4 members (excludes halogenated alkanes) is 33. The topological polar surface area (TPSA) is 61.8 Å². The summed E-state index contributed by atoms with van der Waals surface area (Å²) in [7, 11) is 0. The fourth-order valence-corrected chi connectivity index (χ4v) is 8.71. The fraction of sp³-hybridized carbons (Fsp3) is 0.785. The highest BCUT2D eigenvalue weighted by Gasteiger charge is 2.17. The SMILES string of the molecule is CC/C=C\C/C=C\C/C=C\C/C=C\C/C=C\CCCCOCC(COC(=O)CCCCCCCCCCC/C=C\CCCCCCCC)OC(=O)CCCCCCCCCCCCCCCCCCC. The van der Waals surface area contributed by atoms with Crippen LogP contribution in [0, 0.1) is 0 Å². The normalized spacial score (nSPS) is 12.7. The fourth-order valence-electron chi connectivity index (χ4n) is 8.71. The maximum atomic E-state index is 12.9. The number of hydrogen-bond donors (Lipinski definition) is 0. The van der Waals surface area contributed by atoms with Gasteiger partial charge < -0.3 is 14.2 Å². The average Bonchev–Trinajstić information content (AvgIpc) is 3.36. The first-order valence-electron chi connectivity index (χ1n) is 30.5. The van der Waals surface area contributed by atoms with E-state index in [1.54, 1.807) is 0 Å². The Morgan fingerprint density at radius 1 is 0.329 bits per heavy atom. The zero-order valence-corrected chi connectivity index (χ0v) is 46.8. The van der Waals surface area contributed by atoms with Gasteiger partial charge in [0.05, 0.1) is 6.61 Å². The zero-order valence-electron chi connectivity index (χ0n) is 46.8. The molecule has 406 valence electrons. The second-order valence-electron chi connectivity index (χ2n) is 20.2. The maximum Gasteiger partial charge on any atom is 0.306 e. The Morgan fingerprint density at radius 3 is 1.04 bits per heavy atom. The van der Waals surface area contributed by atoms with E-state index in [2.05, 4.69) is 93.7 Å².